The third-order valence-corrected chi connectivity index (χ3v) is 5.51. The molecule has 1 aromatic carbocycles. The fourth-order valence-corrected chi connectivity index (χ4v) is 3.89. The van der Waals surface area contributed by atoms with Gasteiger partial charge in [0.25, 0.3) is 5.22 Å². The SMILES string of the molecule is C[C@H](Sc1nnc(-c2ccc(F)cc2)o1)C(=O)N(C)C1CCCCC1. The highest BCUT2D eigenvalue weighted by atomic mass is 32.2. The quantitative estimate of drug-likeness (QED) is 0.747. The number of benzene rings is 1. The van der Waals surface area contributed by atoms with Crippen molar-refractivity contribution in [3.05, 3.63) is 30.1 Å². The van der Waals surface area contributed by atoms with E-state index in [1.807, 2.05) is 18.9 Å². The molecule has 25 heavy (non-hydrogen) atoms. The second kappa shape index (κ2) is 7.99. The molecule has 7 heteroatoms. The number of rotatable bonds is 5. The van der Waals surface area contributed by atoms with Crippen LogP contribution in [0.25, 0.3) is 11.5 Å². The first-order valence-corrected chi connectivity index (χ1v) is 9.45. The van der Waals surface area contributed by atoms with E-state index < -0.39 is 0 Å². The molecule has 1 saturated carbocycles. The molecular formula is C18H22FN3O2S. The largest absolute Gasteiger partial charge is 0.411 e. The number of aromatic nitrogens is 2. The highest BCUT2D eigenvalue weighted by Crippen LogP contribution is 2.29. The monoisotopic (exact) mass is 363 g/mol. The molecule has 5 nitrogen and oxygen atoms in total. The van der Waals surface area contributed by atoms with Crippen molar-refractivity contribution >= 4 is 17.7 Å². The van der Waals surface area contributed by atoms with Gasteiger partial charge in [0.2, 0.25) is 11.8 Å². The predicted octanol–water partition coefficient (Wildman–Crippen LogP) is 4.15. The average Bonchev–Trinajstić information content (AvgIpc) is 3.10. The van der Waals surface area contributed by atoms with Crippen LogP contribution in [0, 0.1) is 5.82 Å². The molecule has 1 aliphatic rings. The van der Waals surface area contributed by atoms with Gasteiger partial charge in [-0.25, -0.2) is 4.39 Å². The number of hydrogen-bond donors (Lipinski definition) is 0. The number of halogens is 1. The van der Waals surface area contributed by atoms with Crippen molar-refractivity contribution in [2.45, 2.75) is 55.5 Å². The lowest BCUT2D eigenvalue weighted by Crippen LogP contribution is -2.42. The molecule has 0 unspecified atom stereocenters. The summed E-state index contributed by atoms with van der Waals surface area (Å²) in [5, 5.41) is 8.02. The summed E-state index contributed by atoms with van der Waals surface area (Å²) in [5.41, 5.74) is 0.652. The van der Waals surface area contributed by atoms with E-state index in [-0.39, 0.29) is 17.0 Å². The summed E-state index contributed by atoms with van der Waals surface area (Å²) in [7, 11) is 1.88. The van der Waals surface area contributed by atoms with E-state index in [0.717, 1.165) is 12.8 Å². The van der Waals surface area contributed by atoms with Gasteiger partial charge < -0.3 is 9.32 Å². The minimum Gasteiger partial charge on any atom is -0.411 e. The van der Waals surface area contributed by atoms with Crippen molar-refractivity contribution < 1.29 is 13.6 Å². The fourth-order valence-electron chi connectivity index (χ4n) is 3.10. The summed E-state index contributed by atoms with van der Waals surface area (Å²) >= 11 is 1.26. The minimum atomic E-state index is -0.317. The summed E-state index contributed by atoms with van der Waals surface area (Å²) in [6, 6.07) is 6.20. The van der Waals surface area contributed by atoms with Crippen LogP contribution in [0.3, 0.4) is 0 Å². The van der Waals surface area contributed by atoms with Gasteiger partial charge in [-0.05, 0) is 44.0 Å². The Bertz CT molecular complexity index is 713. The van der Waals surface area contributed by atoms with Crippen molar-refractivity contribution in [1.29, 1.82) is 0 Å². The Hall–Kier alpha value is -1.89. The summed E-state index contributed by atoms with van der Waals surface area (Å²) in [6.07, 6.45) is 5.80. The molecule has 0 aliphatic heterocycles. The smallest absolute Gasteiger partial charge is 0.277 e. The highest BCUT2D eigenvalue weighted by molar-refractivity contribution is 8.00. The zero-order valence-corrected chi connectivity index (χ0v) is 15.3. The Morgan fingerprint density at radius 1 is 1.24 bits per heavy atom. The molecule has 0 bridgehead atoms. The van der Waals surface area contributed by atoms with Crippen LogP contribution in [-0.2, 0) is 4.79 Å². The number of carbonyl (C=O) groups is 1. The first kappa shape index (κ1) is 17.9. The lowest BCUT2D eigenvalue weighted by molar-refractivity contribution is -0.131. The van der Waals surface area contributed by atoms with Crippen molar-refractivity contribution in [3.63, 3.8) is 0 Å². The van der Waals surface area contributed by atoms with Crippen LogP contribution in [0.15, 0.2) is 33.9 Å². The van der Waals surface area contributed by atoms with E-state index in [1.165, 1.54) is 43.2 Å². The van der Waals surface area contributed by atoms with Crippen molar-refractivity contribution in [1.82, 2.24) is 15.1 Å². The molecule has 1 aromatic heterocycles. The highest BCUT2D eigenvalue weighted by Gasteiger charge is 2.27. The number of amides is 1. The van der Waals surface area contributed by atoms with Crippen molar-refractivity contribution in [2.75, 3.05) is 7.05 Å². The van der Waals surface area contributed by atoms with Gasteiger partial charge in [-0.1, -0.05) is 31.0 Å². The van der Waals surface area contributed by atoms with E-state index in [0.29, 0.717) is 22.7 Å². The molecule has 3 rings (SSSR count). The van der Waals surface area contributed by atoms with Gasteiger partial charge in [0.1, 0.15) is 5.82 Å². The lowest BCUT2D eigenvalue weighted by Gasteiger charge is -2.32. The summed E-state index contributed by atoms with van der Waals surface area (Å²) < 4.78 is 18.6. The summed E-state index contributed by atoms with van der Waals surface area (Å²) in [6.45, 7) is 1.86. The van der Waals surface area contributed by atoms with E-state index in [4.69, 9.17) is 4.42 Å². The zero-order valence-electron chi connectivity index (χ0n) is 14.4. The topological polar surface area (TPSA) is 59.2 Å². The summed E-state index contributed by atoms with van der Waals surface area (Å²) in [5.74, 6) is 0.0871. The molecule has 1 heterocycles. The molecule has 0 radical (unpaired) electrons. The van der Waals surface area contributed by atoms with Crippen LogP contribution >= 0.6 is 11.8 Å². The lowest BCUT2D eigenvalue weighted by atomic mass is 9.94. The number of carbonyl (C=O) groups excluding carboxylic acids is 1. The maximum absolute atomic E-state index is 13.0. The molecule has 0 spiro atoms. The van der Waals surface area contributed by atoms with Crippen LogP contribution in [0.5, 0.6) is 0 Å². The minimum absolute atomic E-state index is 0.0819. The van der Waals surface area contributed by atoms with Gasteiger partial charge in [0, 0.05) is 18.7 Å². The van der Waals surface area contributed by atoms with Crippen molar-refractivity contribution in [3.8, 4) is 11.5 Å². The third kappa shape index (κ3) is 4.39. The van der Waals surface area contributed by atoms with Crippen LogP contribution in [-0.4, -0.2) is 39.3 Å². The molecule has 1 atom stereocenters. The zero-order chi connectivity index (χ0) is 17.8. The van der Waals surface area contributed by atoms with Crippen LogP contribution < -0.4 is 0 Å². The van der Waals surface area contributed by atoms with E-state index in [1.54, 1.807) is 12.1 Å². The average molecular weight is 363 g/mol. The number of thioether (sulfide) groups is 1. The van der Waals surface area contributed by atoms with Gasteiger partial charge in [0.05, 0.1) is 5.25 Å². The number of hydrogen-bond acceptors (Lipinski definition) is 5. The molecule has 1 fully saturated rings. The Kier molecular flexibility index (Phi) is 5.73. The predicted molar refractivity (Wildman–Crippen MR) is 94.7 cm³/mol. The van der Waals surface area contributed by atoms with Gasteiger partial charge in [-0.3, -0.25) is 4.79 Å². The van der Waals surface area contributed by atoms with Gasteiger partial charge in [0.15, 0.2) is 0 Å². The molecule has 0 saturated heterocycles. The maximum atomic E-state index is 13.0. The first-order valence-electron chi connectivity index (χ1n) is 8.57. The molecule has 2 aromatic rings. The Labute approximate surface area is 151 Å². The fraction of sp³-hybridized carbons (Fsp3) is 0.500. The summed E-state index contributed by atoms with van der Waals surface area (Å²) in [4.78, 5) is 14.5. The van der Waals surface area contributed by atoms with Crippen LogP contribution in [0.1, 0.15) is 39.0 Å². The van der Waals surface area contributed by atoms with Crippen molar-refractivity contribution in [2.24, 2.45) is 0 Å². The van der Waals surface area contributed by atoms with Gasteiger partial charge in [-0.15, -0.1) is 10.2 Å². The van der Waals surface area contributed by atoms with E-state index in [2.05, 4.69) is 10.2 Å². The molecule has 0 N–H and O–H groups in total. The van der Waals surface area contributed by atoms with E-state index in [9.17, 15) is 9.18 Å². The molecular weight excluding hydrogens is 341 g/mol. The second-order valence-electron chi connectivity index (χ2n) is 6.38. The van der Waals surface area contributed by atoms with Crippen LogP contribution in [0.2, 0.25) is 0 Å². The third-order valence-electron chi connectivity index (χ3n) is 4.59. The number of nitrogens with zero attached hydrogens (tertiary/aromatic N) is 3. The molecule has 134 valence electrons. The van der Waals surface area contributed by atoms with Gasteiger partial charge in [-0.2, -0.15) is 0 Å². The van der Waals surface area contributed by atoms with Gasteiger partial charge >= 0.3 is 0 Å². The normalized spacial score (nSPS) is 16.6. The molecule has 1 aliphatic carbocycles. The Morgan fingerprint density at radius 2 is 1.92 bits per heavy atom. The Balaban J connectivity index is 1.61. The maximum Gasteiger partial charge on any atom is 0.277 e. The standard InChI is InChI=1S/C18H22FN3O2S/c1-12(17(23)22(2)15-6-4-3-5-7-15)25-18-21-20-16(24-18)13-8-10-14(19)11-9-13/h8-12,15H,3-7H2,1-2H3/t12-/m0/s1. The second-order valence-corrected chi connectivity index (χ2v) is 7.67. The first-order chi connectivity index (χ1) is 12.0. The Morgan fingerprint density at radius 3 is 2.60 bits per heavy atom. The van der Waals surface area contributed by atoms with E-state index >= 15 is 0 Å². The molecule has 1 amide bonds. The van der Waals surface area contributed by atoms with Crippen LogP contribution in [0.4, 0.5) is 4.39 Å².